The molecule has 5 aromatic rings. The highest BCUT2D eigenvalue weighted by molar-refractivity contribution is 6.98. The minimum absolute atomic E-state index is 0.0685. The van der Waals surface area contributed by atoms with Crippen molar-refractivity contribution >= 4 is 40.2 Å². The zero-order valence-corrected chi connectivity index (χ0v) is 20.2. The van der Waals surface area contributed by atoms with E-state index in [9.17, 15) is 0 Å². The number of para-hydroxylation sites is 2. The van der Waals surface area contributed by atoms with E-state index in [1.807, 2.05) is 12.1 Å². The van der Waals surface area contributed by atoms with Crippen LogP contribution in [0.3, 0.4) is 0 Å². The van der Waals surface area contributed by atoms with Crippen molar-refractivity contribution in [2.45, 2.75) is 13.8 Å². The zero-order valence-electron chi connectivity index (χ0n) is 20.2. The molecular formula is C32H24BNO2. The van der Waals surface area contributed by atoms with E-state index in [-0.39, 0.29) is 6.71 Å². The Kier molecular flexibility index (Phi) is 4.68. The Balaban J connectivity index is 1.42. The lowest BCUT2D eigenvalue weighted by atomic mass is 9.34. The van der Waals surface area contributed by atoms with Crippen LogP contribution < -0.4 is 30.8 Å². The number of rotatable bonds is 3. The van der Waals surface area contributed by atoms with E-state index in [0.29, 0.717) is 0 Å². The van der Waals surface area contributed by atoms with Crippen molar-refractivity contribution in [3.63, 3.8) is 0 Å². The molecule has 4 heteroatoms. The first-order chi connectivity index (χ1) is 17.7. The first-order valence-electron chi connectivity index (χ1n) is 12.3. The molecule has 0 N–H and O–H groups in total. The summed E-state index contributed by atoms with van der Waals surface area (Å²) in [4.78, 5) is 2.27. The smallest absolute Gasteiger partial charge is 0.260 e. The summed E-state index contributed by atoms with van der Waals surface area (Å²) in [6.07, 6.45) is 0. The van der Waals surface area contributed by atoms with E-state index < -0.39 is 0 Å². The molecule has 0 aliphatic carbocycles. The van der Waals surface area contributed by atoms with Crippen LogP contribution in [0.1, 0.15) is 11.1 Å². The summed E-state index contributed by atoms with van der Waals surface area (Å²) < 4.78 is 13.0. The fourth-order valence-electron chi connectivity index (χ4n) is 5.48. The molecule has 0 bridgehead atoms. The van der Waals surface area contributed by atoms with Crippen LogP contribution in [0.15, 0.2) is 109 Å². The molecule has 0 fully saturated rings. The average molecular weight is 465 g/mol. The van der Waals surface area contributed by atoms with Crippen LogP contribution >= 0.6 is 0 Å². The second-order valence-corrected chi connectivity index (χ2v) is 9.58. The Labute approximate surface area is 211 Å². The minimum atomic E-state index is 0.0685. The lowest BCUT2D eigenvalue weighted by molar-refractivity contribution is 0.464. The highest BCUT2D eigenvalue weighted by Crippen LogP contribution is 2.39. The second kappa shape index (κ2) is 8.06. The van der Waals surface area contributed by atoms with Gasteiger partial charge in [0, 0.05) is 28.6 Å². The summed E-state index contributed by atoms with van der Waals surface area (Å²) in [5.74, 6) is 3.56. The second-order valence-electron chi connectivity index (χ2n) is 9.58. The molecule has 0 unspecified atom stereocenters. The first kappa shape index (κ1) is 20.9. The minimum Gasteiger partial charge on any atom is -0.458 e. The third kappa shape index (κ3) is 3.29. The number of hydrogen-bond acceptors (Lipinski definition) is 3. The third-order valence-electron chi connectivity index (χ3n) is 7.05. The van der Waals surface area contributed by atoms with Gasteiger partial charge in [0.25, 0.3) is 6.71 Å². The lowest BCUT2D eigenvalue weighted by Crippen LogP contribution is -2.57. The maximum Gasteiger partial charge on any atom is 0.260 e. The number of anilines is 3. The third-order valence-corrected chi connectivity index (χ3v) is 7.05. The number of nitrogens with zero attached hydrogens (tertiary/aromatic N) is 1. The number of hydrogen-bond donors (Lipinski definition) is 0. The maximum atomic E-state index is 6.61. The van der Waals surface area contributed by atoms with Gasteiger partial charge in [-0.3, -0.25) is 0 Å². The van der Waals surface area contributed by atoms with Gasteiger partial charge < -0.3 is 14.4 Å². The SMILES string of the molecule is Cc1cc2c3c(c1)Oc1ccc(C)cc1B3c1ccc(N(c3ccccc3)c3ccccc3)cc1O2. The monoisotopic (exact) mass is 465 g/mol. The maximum absolute atomic E-state index is 6.61. The molecule has 172 valence electrons. The molecule has 0 radical (unpaired) electrons. The summed E-state index contributed by atoms with van der Waals surface area (Å²) in [6.45, 7) is 4.29. The largest absolute Gasteiger partial charge is 0.458 e. The van der Waals surface area contributed by atoms with Crippen molar-refractivity contribution in [3.05, 3.63) is 120 Å². The van der Waals surface area contributed by atoms with Gasteiger partial charge in [-0.25, -0.2) is 0 Å². The van der Waals surface area contributed by atoms with Gasteiger partial charge in [-0.1, -0.05) is 60.2 Å². The molecule has 7 rings (SSSR count). The Morgan fingerprint density at radius 1 is 0.500 bits per heavy atom. The number of fused-ring (bicyclic) bond motifs is 4. The van der Waals surface area contributed by atoms with Crippen LogP contribution in [0.2, 0.25) is 0 Å². The topological polar surface area (TPSA) is 21.7 Å². The summed E-state index contributed by atoms with van der Waals surface area (Å²) in [5, 5.41) is 0. The van der Waals surface area contributed by atoms with E-state index in [4.69, 9.17) is 9.47 Å². The van der Waals surface area contributed by atoms with Crippen molar-refractivity contribution in [3.8, 4) is 23.0 Å². The van der Waals surface area contributed by atoms with Gasteiger partial charge in [0.1, 0.15) is 23.0 Å². The molecule has 2 heterocycles. The predicted octanol–water partition coefficient (Wildman–Crippen LogP) is 6.50. The zero-order chi connectivity index (χ0) is 24.2. The van der Waals surface area contributed by atoms with Gasteiger partial charge in [-0.15, -0.1) is 0 Å². The standard InChI is InChI=1S/C32H24BNO2/c1-21-13-16-28-27(17-21)33-26-15-14-25(20-29(26)36-31-19-22(2)18-30(35-28)32(31)33)34(23-9-5-3-6-10-23)24-11-7-4-8-12-24/h3-20H,1-2H3. The van der Waals surface area contributed by atoms with E-state index in [0.717, 1.165) is 56.5 Å². The molecule has 2 aliphatic heterocycles. The fourth-order valence-corrected chi connectivity index (χ4v) is 5.48. The average Bonchev–Trinajstić information content (AvgIpc) is 2.90. The predicted molar refractivity (Wildman–Crippen MR) is 148 cm³/mol. The highest BCUT2D eigenvalue weighted by atomic mass is 16.5. The molecule has 0 saturated carbocycles. The molecule has 0 saturated heterocycles. The van der Waals surface area contributed by atoms with Crippen molar-refractivity contribution in [2.24, 2.45) is 0 Å². The van der Waals surface area contributed by atoms with E-state index in [1.165, 1.54) is 11.0 Å². The van der Waals surface area contributed by atoms with Gasteiger partial charge in [0.2, 0.25) is 0 Å². The van der Waals surface area contributed by atoms with E-state index in [2.05, 4.69) is 116 Å². The number of benzene rings is 5. The Morgan fingerprint density at radius 3 is 1.81 bits per heavy atom. The Morgan fingerprint density at radius 2 is 1.14 bits per heavy atom. The molecule has 0 atom stereocenters. The molecule has 0 amide bonds. The number of ether oxygens (including phenoxy) is 2. The Hall–Kier alpha value is -4.44. The quantitative estimate of drug-likeness (QED) is 0.278. The number of aryl methyl sites for hydroxylation is 2. The molecule has 5 aromatic carbocycles. The normalized spacial score (nSPS) is 12.6. The van der Waals surface area contributed by atoms with Gasteiger partial charge >= 0.3 is 0 Å². The summed E-state index contributed by atoms with van der Waals surface area (Å²) in [5.41, 5.74) is 9.06. The van der Waals surface area contributed by atoms with Crippen LogP contribution in [0.5, 0.6) is 23.0 Å². The molecule has 0 aromatic heterocycles. The van der Waals surface area contributed by atoms with Crippen molar-refractivity contribution in [2.75, 3.05) is 4.90 Å². The Bertz CT molecular complexity index is 1580. The van der Waals surface area contributed by atoms with Crippen LogP contribution in [0, 0.1) is 13.8 Å². The van der Waals surface area contributed by atoms with Crippen LogP contribution in [0.25, 0.3) is 0 Å². The van der Waals surface area contributed by atoms with Gasteiger partial charge in [-0.05, 0) is 78.9 Å². The molecule has 36 heavy (non-hydrogen) atoms. The van der Waals surface area contributed by atoms with Crippen LogP contribution in [-0.4, -0.2) is 6.71 Å². The molecule has 3 nitrogen and oxygen atoms in total. The summed E-state index contributed by atoms with van der Waals surface area (Å²) in [6, 6.07) is 38.2. The van der Waals surface area contributed by atoms with Gasteiger partial charge in [0.15, 0.2) is 0 Å². The van der Waals surface area contributed by atoms with Crippen LogP contribution in [-0.2, 0) is 0 Å². The highest BCUT2D eigenvalue weighted by Gasteiger charge is 2.40. The summed E-state index contributed by atoms with van der Waals surface area (Å²) in [7, 11) is 0. The fraction of sp³-hybridized carbons (Fsp3) is 0.0625. The van der Waals surface area contributed by atoms with Crippen molar-refractivity contribution in [1.29, 1.82) is 0 Å². The molecular weight excluding hydrogens is 441 g/mol. The van der Waals surface area contributed by atoms with Crippen molar-refractivity contribution < 1.29 is 9.47 Å². The first-order valence-corrected chi connectivity index (χ1v) is 12.3. The van der Waals surface area contributed by atoms with Gasteiger partial charge in [-0.2, -0.15) is 0 Å². The molecule has 0 spiro atoms. The van der Waals surface area contributed by atoms with Crippen LogP contribution in [0.4, 0.5) is 17.1 Å². The molecule has 2 aliphatic rings. The van der Waals surface area contributed by atoms with Gasteiger partial charge in [0.05, 0.1) is 0 Å². The van der Waals surface area contributed by atoms with Crippen molar-refractivity contribution in [1.82, 2.24) is 0 Å². The van der Waals surface area contributed by atoms with E-state index >= 15 is 0 Å². The summed E-state index contributed by atoms with van der Waals surface area (Å²) >= 11 is 0. The van der Waals surface area contributed by atoms with E-state index in [1.54, 1.807) is 0 Å². The lowest BCUT2D eigenvalue weighted by Gasteiger charge is -2.34.